The van der Waals surface area contributed by atoms with Gasteiger partial charge < -0.3 is 5.21 Å². The Labute approximate surface area is 121 Å². The molecule has 3 heteroatoms. The zero-order valence-corrected chi connectivity index (χ0v) is 11.7. The fraction of sp³-hybridized carbons (Fsp3) is 0.118. The van der Waals surface area contributed by atoms with Crippen LogP contribution in [0.5, 0.6) is 0 Å². The average Bonchev–Trinajstić information content (AvgIpc) is 2.87. The molecule has 2 heterocycles. The van der Waals surface area contributed by atoms with Gasteiger partial charge in [-0.2, -0.15) is 0 Å². The first-order valence-electron chi connectivity index (χ1n) is 6.72. The monoisotopic (exact) mass is 279 g/mol. The van der Waals surface area contributed by atoms with Crippen LogP contribution in [-0.4, -0.2) is 17.0 Å². The molecular formula is C17H13NOS. The van der Waals surface area contributed by atoms with Crippen LogP contribution >= 0.6 is 11.3 Å². The minimum absolute atomic E-state index is 0.546. The highest BCUT2D eigenvalue weighted by Gasteiger charge is 2.28. The Morgan fingerprint density at radius 3 is 2.55 bits per heavy atom. The first-order chi connectivity index (χ1) is 9.84. The van der Waals surface area contributed by atoms with Crippen LogP contribution in [0, 0.1) is 5.21 Å². The molecule has 3 aromatic rings. The van der Waals surface area contributed by atoms with E-state index < -0.39 is 0 Å². The highest BCUT2D eigenvalue weighted by atomic mass is 32.1. The van der Waals surface area contributed by atoms with Crippen molar-refractivity contribution in [3.8, 4) is 0 Å². The third-order valence-corrected chi connectivity index (χ3v) is 4.97. The molecule has 20 heavy (non-hydrogen) atoms. The summed E-state index contributed by atoms with van der Waals surface area (Å²) in [7, 11) is 0. The number of hydrogen-bond donors (Lipinski definition) is 0. The predicted molar refractivity (Wildman–Crippen MR) is 83.7 cm³/mol. The molecule has 0 amide bonds. The Balaban J connectivity index is 2.05. The Kier molecular flexibility index (Phi) is 2.60. The smallest absolute Gasteiger partial charge is 0.227 e. The molecule has 0 bridgehead atoms. The average molecular weight is 279 g/mol. The third-order valence-electron chi connectivity index (χ3n) is 3.74. The maximum Gasteiger partial charge on any atom is 0.227 e. The van der Waals surface area contributed by atoms with Gasteiger partial charge in [0.2, 0.25) is 5.71 Å². The molecule has 0 fully saturated rings. The lowest BCUT2D eigenvalue weighted by Crippen LogP contribution is -2.25. The lowest BCUT2D eigenvalue weighted by Gasteiger charge is -2.16. The topological polar surface area (TPSA) is 26.1 Å². The summed E-state index contributed by atoms with van der Waals surface area (Å²) in [6.45, 7) is 0.546. The van der Waals surface area contributed by atoms with Gasteiger partial charge in [0.1, 0.15) is 0 Å². The number of hydroxylamine groups is 1. The summed E-state index contributed by atoms with van der Waals surface area (Å²) in [6.07, 6.45) is 0.842. The molecule has 0 N–H and O–H groups in total. The largest absolute Gasteiger partial charge is 0.623 e. The van der Waals surface area contributed by atoms with Gasteiger partial charge in [-0.3, -0.25) is 0 Å². The minimum atomic E-state index is 0.546. The first kappa shape index (κ1) is 11.7. The van der Waals surface area contributed by atoms with Crippen LogP contribution in [0.15, 0.2) is 54.6 Å². The lowest BCUT2D eigenvalue weighted by atomic mass is 9.96. The molecule has 2 aromatic carbocycles. The van der Waals surface area contributed by atoms with Crippen LogP contribution < -0.4 is 0 Å². The van der Waals surface area contributed by atoms with E-state index in [-0.39, 0.29) is 0 Å². The summed E-state index contributed by atoms with van der Waals surface area (Å²) in [5.74, 6) is 0. The Morgan fingerprint density at radius 2 is 1.70 bits per heavy atom. The Morgan fingerprint density at radius 1 is 0.950 bits per heavy atom. The van der Waals surface area contributed by atoms with E-state index in [1.165, 1.54) is 15.0 Å². The molecule has 1 aromatic heterocycles. The number of fused-ring (bicyclic) bond motifs is 3. The summed E-state index contributed by atoms with van der Waals surface area (Å²) < 4.78 is 2.41. The van der Waals surface area contributed by atoms with E-state index in [1.54, 1.807) is 0 Å². The standard InChI is InChI=1S/C17H13NOS/c19-18-11-10-15-16(13-8-4-5-9-14(13)20-15)17(18)12-6-2-1-3-7-12/h1-9H,10-11H2. The van der Waals surface area contributed by atoms with Crippen molar-refractivity contribution in [1.29, 1.82) is 0 Å². The highest BCUT2D eigenvalue weighted by molar-refractivity contribution is 7.19. The second-order valence-corrected chi connectivity index (χ2v) is 6.10. The summed E-state index contributed by atoms with van der Waals surface area (Å²) >= 11 is 1.81. The van der Waals surface area contributed by atoms with Gasteiger partial charge in [0.25, 0.3) is 0 Å². The van der Waals surface area contributed by atoms with Gasteiger partial charge in [0, 0.05) is 26.9 Å². The van der Waals surface area contributed by atoms with Crippen molar-refractivity contribution >= 4 is 27.1 Å². The van der Waals surface area contributed by atoms with Crippen molar-refractivity contribution in [1.82, 2.24) is 0 Å². The van der Waals surface area contributed by atoms with E-state index >= 15 is 0 Å². The number of hydrogen-bond acceptors (Lipinski definition) is 2. The molecule has 0 spiro atoms. The van der Waals surface area contributed by atoms with Crippen LogP contribution in [0.2, 0.25) is 0 Å². The number of rotatable bonds is 1. The zero-order chi connectivity index (χ0) is 13.5. The van der Waals surface area contributed by atoms with Gasteiger partial charge in [-0.25, -0.2) is 4.74 Å². The maximum atomic E-state index is 12.4. The van der Waals surface area contributed by atoms with Crippen molar-refractivity contribution in [3.05, 3.63) is 75.8 Å². The van der Waals surface area contributed by atoms with E-state index in [4.69, 9.17) is 0 Å². The molecule has 0 saturated heterocycles. The van der Waals surface area contributed by atoms with Crippen LogP contribution in [0.3, 0.4) is 0 Å². The van der Waals surface area contributed by atoms with E-state index in [0.717, 1.165) is 28.0 Å². The fourth-order valence-electron chi connectivity index (χ4n) is 2.86. The minimum Gasteiger partial charge on any atom is -0.623 e. The summed E-state index contributed by atoms with van der Waals surface area (Å²) in [5, 5.41) is 13.6. The fourth-order valence-corrected chi connectivity index (χ4v) is 4.05. The molecule has 4 rings (SSSR count). The molecule has 98 valence electrons. The molecule has 0 radical (unpaired) electrons. The Bertz CT molecular complexity index is 817. The second-order valence-electron chi connectivity index (χ2n) is 4.96. The van der Waals surface area contributed by atoms with Crippen LogP contribution in [0.25, 0.3) is 10.1 Å². The van der Waals surface area contributed by atoms with E-state index in [2.05, 4.69) is 18.2 Å². The zero-order valence-electron chi connectivity index (χ0n) is 10.9. The van der Waals surface area contributed by atoms with Gasteiger partial charge in [0.15, 0.2) is 6.54 Å². The Hall–Kier alpha value is -2.13. The molecule has 1 aliphatic heterocycles. The molecule has 0 unspecified atom stereocenters. The molecule has 2 nitrogen and oxygen atoms in total. The normalized spacial score (nSPS) is 14.6. The third kappa shape index (κ3) is 1.67. The quantitative estimate of drug-likeness (QED) is 0.491. The van der Waals surface area contributed by atoms with Crippen LogP contribution in [0.1, 0.15) is 16.0 Å². The SMILES string of the molecule is [O-][N+]1=C(c2ccccc2)c2c(sc3ccccc23)CC1. The van der Waals surface area contributed by atoms with E-state index in [1.807, 2.05) is 47.7 Å². The maximum absolute atomic E-state index is 12.4. The van der Waals surface area contributed by atoms with Crippen molar-refractivity contribution in [2.45, 2.75) is 6.42 Å². The summed E-state index contributed by atoms with van der Waals surface area (Å²) in [4.78, 5) is 1.33. The van der Waals surface area contributed by atoms with Crippen LogP contribution in [0.4, 0.5) is 0 Å². The summed E-state index contributed by atoms with van der Waals surface area (Å²) in [6, 6.07) is 18.3. The van der Waals surface area contributed by atoms with Gasteiger partial charge in [-0.05, 0) is 18.2 Å². The second kappa shape index (κ2) is 4.46. The lowest BCUT2D eigenvalue weighted by molar-refractivity contribution is -0.457. The van der Waals surface area contributed by atoms with E-state index in [9.17, 15) is 5.21 Å². The molecule has 0 saturated carbocycles. The summed E-state index contributed by atoms with van der Waals surface area (Å²) in [5.41, 5.74) is 2.97. The van der Waals surface area contributed by atoms with Gasteiger partial charge in [-0.1, -0.05) is 36.4 Å². The number of benzene rings is 2. The number of nitrogens with zero attached hydrogens (tertiary/aromatic N) is 1. The molecule has 0 aliphatic carbocycles. The molecule has 1 aliphatic rings. The highest BCUT2D eigenvalue weighted by Crippen LogP contribution is 2.35. The van der Waals surface area contributed by atoms with Gasteiger partial charge >= 0.3 is 0 Å². The predicted octanol–water partition coefficient (Wildman–Crippen LogP) is 3.81. The van der Waals surface area contributed by atoms with Crippen LogP contribution in [-0.2, 0) is 6.42 Å². The van der Waals surface area contributed by atoms with Crippen molar-refractivity contribution < 1.29 is 4.74 Å². The van der Waals surface area contributed by atoms with E-state index in [0.29, 0.717) is 6.54 Å². The van der Waals surface area contributed by atoms with Crippen molar-refractivity contribution in [2.75, 3.05) is 6.54 Å². The van der Waals surface area contributed by atoms with Gasteiger partial charge in [-0.15, -0.1) is 11.3 Å². The van der Waals surface area contributed by atoms with Gasteiger partial charge in [0.05, 0.1) is 5.56 Å². The first-order valence-corrected chi connectivity index (χ1v) is 7.54. The molecular weight excluding hydrogens is 266 g/mol. The molecule has 0 atom stereocenters. The number of thiophene rings is 1. The van der Waals surface area contributed by atoms with Crippen molar-refractivity contribution in [2.24, 2.45) is 0 Å². The van der Waals surface area contributed by atoms with Crippen molar-refractivity contribution in [3.63, 3.8) is 0 Å².